The van der Waals surface area contributed by atoms with Gasteiger partial charge < -0.3 is 14.2 Å². The second-order valence-corrected chi connectivity index (χ2v) is 7.93. The van der Waals surface area contributed by atoms with Gasteiger partial charge in [0.2, 0.25) is 5.79 Å². The number of fused-ring (bicyclic) bond motifs is 1. The van der Waals surface area contributed by atoms with E-state index in [1.807, 2.05) is 40.9 Å². The van der Waals surface area contributed by atoms with Gasteiger partial charge in [-0.2, -0.15) is 17.0 Å². The van der Waals surface area contributed by atoms with Crippen LogP contribution < -0.4 is 0 Å². The van der Waals surface area contributed by atoms with Gasteiger partial charge in [0, 0.05) is 19.6 Å². The minimum absolute atomic E-state index is 0.157. The lowest BCUT2D eigenvalue weighted by molar-refractivity contribution is -0.144. The zero-order valence-corrected chi connectivity index (χ0v) is 15.3. The van der Waals surface area contributed by atoms with Gasteiger partial charge in [0.05, 0.1) is 24.2 Å². The zero-order valence-electron chi connectivity index (χ0n) is 14.5. The molecule has 2 rings (SSSR count). The van der Waals surface area contributed by atoms with Crippen molar-refractivity contribution in [3.63, 3.8) is 0 Å². The maximum Gasteiger partial charge on any atom is 0.415 e. The molecule has 1 fully saturated rings. The van der Waals surface area contributed by atoms with E-state index in [0.29, 0.717) is 11.5 Å². The molecule has 6 nitrogen and oxygen atoms in total. The van der Waals surface area contributed by atoms with Crippen LogP contribution in [-0.4, -0.2) is 46.5 Å². The molecular weight excluding hydrogens is 316 g/mol. The highest BCUT2D eigenvalue weighted by atomic mass is 32.2. The smallest absolute Gasteiger partial charge is 0.415 e. The number of nitrogens with zero attached hydrogens (tertiary/aromatic N) is 2. The van der Waals surface area contributed by atoms with Gasteiger partial charge in [-0.05, 0) is 27.0 Å². The SMILES string of the molecule is CSCC1=C2OC(C)(C)OC2C(CC#N)N1C(=O)OC(C)(C)C. The van der Waals surface area contributed by atoms with E-state index >= 15 is 0 Å². The lowest BCUT2D eigenvalue weighted by Crippen LogP contribution is -2.45. The van der Waals surface area contributed by atoms with E-state index in [-0.39, 0.29) is 6.42 Å². The van der Waals surface area contributed by atoms with Gasteiger partial charge in [0.1, 0.15) is 11.7 Å². The summed E-state index contributed by atoms with van der Waals surface area (Å²) in [5.41, 5.74) is 0.129. The molecule has 2 unspecified atom stereocenters. The summed E-state index contributed by atoms with van der Waals surface area (Å²) in [5, 5.41) is 9.18. The molecule has 7 heteroatoms. The summed E-state index contributed by atoms with van der Waals surface area (Å²) in [6, 6.07) is 1.72. The van der Waals surface area contributed by atoms with E-state index in [0.717, 1.165) is 5.70 Å². The number of hydrogen-bond acceptors (Lipinski definition) is 6. The molecule has 0 aliphatic carbocycles. The molecule has 0 spiro atoms. The number of nitriles is 1. The Bertz CT molecular complexity index is 559. The van der Waals surface area contributed by atoms with E-state index < -0.39 is 29.6 Å². The topological polar surface area (TPSA) is 71.8 Å². The van der Waals surface area contributed by atoms with Crippen LogP contribution in [0.3, 0.4) is 0 Å². The number of rotatable bonds is 3. The van der Waals surface area contributed by atoms with Crippen LogP contribution in [0.25, 0.3) is 0 Å². The van der Waals surface area contributed by atoms with Crippen molar-refractivity contribution in [2.45, 2.75) is 64.6 Å². The van der Waals surface area contributed by atoms with E-state index in [9.17, 15) is 10.1 Å². The second kappa shape index (κ2) is 6.25. The first-order chi connectivity index (χ1) is 10.6. The summed E-state index contributed by atoms with van der Waals surface area (Å²) in [5.74, 6) is 0.486. The Labute approximate surface area is 141 Å². The Morgan fingerprint density at radius 3 is 2.65 bits per heavy atom. The highest BCUT2D eigenvalue weighted by Crippen LogP contribution is 2.44. The van der Waals surface area contributed by atoms with Crippen LogP contribution in [-0.2, 0) is 14.2 Å². The predicted molar refractivity (Wildman–Crippen MR) is 87.5 cm³/mol. The Morgan fingerprint density at radius 2 is 2.13 bits per heavy atom. The maximum atomic E-state index is 12.7. The van der Waals surface area contributed by atoms with Crippen LogP contribution in [0.4, 0.5) is 4.79 Å². The van der Waals surface area contributed by atoms with Gasteiger partial charge in [-0.3, -0.25) is 4.90 Å². The number of carbonyl (C=O) groups excluding carboxylic acids is 1. The van der Waals surface area contributed by atoms with Crippen molar-refractivity contribution in [3.8, 4) is 6.07 Å². The molecule has 1 saturated heterocycles. The van der Waals surface area contributed by atoms with Crippen LogP contribution in [0, 0.1) is 11.3 Å². The Morgan fingerprint density at radius 1 is 1.48 bits per heavy atom. The minimum Gasteiger partial charge on any atom is -0.463 e. The first kappa shape index (κ1) is 18.0. The zero-order chi connectivity index (χ0) is 17.4. The van der Waals surface area contributed by atoms with Crippen LogP contribution in [0.1, 0.15) is 41.0 Å². The van der Waals surface area contributed by atoms with Gasteiger partial charge in [0.25, 0.3) is 0 Å². The molecule has 2 heterocycles. The largest absolute Gasteiger partial charge is 0.463 e. The standard InChI is InChI=1S/C16H24N2O4S/c1-15(2,3)22-14(19)18-10(7-8-17)12-13(11(18)9-23-6)21-16(4,5)20-12/h10,12H,7,9H2,1-6H3. The van der Waals surface area contributed by atoms with Crippen molar-refractivity contribution in [2.75, 3.05) is 12.0 Å². The fraction of sp³-hybridized carbons (Fsp3) is 0.750. The van der Waals surface area contributed by atoms with Crippen molar-refractivity contribution in [3.05, 3.63) is 11.5 Å². The molecule has 0 aromatic heterocycles. The van der Waals surface area contributed by atoms with Crippen molar-refractivity contribution in [1.82, 2.24) is 4.90 Å². The third kappa shape index (κ3) is 3.75. The third-order valence-electron chi connectivity index (χ3n) is 3.45. The first-order valence-corrected chi connectivity index (χ1v) is 8.97. The van der Waals surface area contributed by atoms with Crippen molar-refractivity contribution in [1.29, 1.82) is 5.26 Å². The van der Waals surface area contributed by atoms with Gasteiger partial charge in [-0.15, -0.1) is 0 Å². The number of ether oxygens (including phenoxy) is 3. The minimum atomic E-state index is -0.753. The molecule has 2 aliphatic rings. The Kier molecular flexibility index (Phi) is 4.88. The quantitative estimate of drug-likeness (QED) is 0.785. The third-order valence-corrected chi connectivity index (χ3v) is 4.02. The van der Waals surface area contributed by atoms with Crippen LogP contribution in [0.5, 0.6) is 0 Å². The van der Waals surface area contributed by atoms with Crippen molar-refractivity contribution < 1.29 is 19.0 Å². The van der Waals surface area contributed by atoms with Crippen molar-refractivity contribution in [2.24, 2.45) is 0 Å². The molecular formula is C16H24N2O4S. The van der Waals surface area contributed by atoms with Crippen molar-refractivity contribution >= 4 is 17.9 Å². The average Bonchev–Trinajstić information content (AvgIpc) is 2.82. The summed E-state index contributed by atoms with van der Waals surface area (Å²) in [7, 11) is 0. The normalized spacial score (nSPS) is 25.9. The van der Waals surface area contributed by atoms with E-state index in [4.69, 9.17) is 14.2 Å². The van der Waals surface area contributed by atoms with E-state index in [1.165, 1.54) is 0 Å². The van der Waals surface area contributed by atoms with Crippen LogP contribution >= 0.6 is 11.8 Å². The fourth-order valence-electron chi connectivity index (χ4n) is 2.76. The van der Waals surface area contributed by atoms with Gasteiger partial charge >= 0.3 is 6.09 Å². The molecule has 2 aliphatic heterocycles. The van der Waals surface area contributed by atoms with E-state index in [1.54, 1.807) is 16.7 Å². The molecule has 128 valence electrons. The van der Waals surface area contributed by atoms with Crippen LogP contribution in [0.15, 0.2) is 11.5 Å². The maximum absolute atomic E-state index is 12.7. The lowest BCUT2D eigenvalue weighted by atomic mass is 10.1. The molecule has 0 aromatic carbocycles. The van der Waals surface area contributed by atoms with E-state index in [2.05, 4.69) is 6.07 Å². The summed E-state index contributed by atoms with van der Waals surface area (Å²) in [6.45, 7) is 9.11. The van der Waals surface area contributed by atoms with Crippen LogP contribution in [0.2, 0.25) is 0 Å². The summed E-state index contributed by atoms with van der Waals surface area (Å²) >= 11 is 1.58. The number of amides is 1. The number of thioether (sulfide) groups is 1. The Balaban J connectivity index is 2.39. The second-order valence-electron chi connectivity index (χ2n) is 7.06. The molecule has 0 saturated carbocycles. The molecule has 0 N–H and O–H groups in total. The van der Waals surface area contributed by atoms with Gasteiger partial charge in [-0.25, -0.2) is 4.79 Å². The van der Waals surface area contributed by atoms with Gasteiger partial charge in [-0.1, -0.05) is 0 Å². The lowest BCUT2D eigenvalue weighted by Gasteiger charge is -2.32. The monoisotopic (exact) mass is 340 g/mol. The number of hydrogen-bond donors (Lipinski definition) is 0. The molecule has 2 atom stereocenters. The average molecular weight is 340 g/mol. The number of carbonyl (C=O) groups is 1. The molecule has 0 aromatic rings. The summed E-state index contributed by atoms with van der Waals surface area (Å²) in [4.78, 5) is 14.2. The molecule has 0 bridgehead atoms. The van der Waals surface area contributed by atoms with Gasteiger partial charge in [0.15, 0.2) is 5.76 Å². The highest BCUT2D eigenvalue weighted by molar-refractivity contribution is 7.98. The first-order valence-electron chi connectivity index (χ1n) is 7.57. The summed E-state index contributed by atoms with van der Waals surface area (Å²) < 4.78 is 17.4. The highest BCUT2D eigenvalue weighted by Gasteiger charge is 2.53. The fourth-order valence-corrected chi connectivity index (χ4v) is 3.32. The Hall–Kier alpha value is -1.39. The summed E-state index contributed by atoms with van der Waals surface area (Å²) in [6.07, 6.45) is 1.23. The molecule has 1 amide bonds. The molecule has 23 heavy (non-hydrogen) atoms. The predicted octanol–water partition coefficient (Wildman–Crippen LogP) is 3.25. The molecule has 0 radical (unpaired) electrons.